The van der Waals surface area contributed by atoms with Crippen molar-refractivity contribution in [2.24, 2.45) is 10.3 Å². The van der Waals surface area contributed by atoms with Gasteiger partial charge in [-0.05, 0) is 49.2 Å². The van der Waals surface area contributed by atoms with Crippen molar-refractivity contribution in [3.63, 3.8) is 0 Å². The quantitative estimate of drug-likeness (QED) is 0.112. The van der Waals surface area contributed by atoms with Crippen molar-refractivity contribution in [3.8, 4) is 0 Å². The molecule has 0 saturated heterocycles. The van der Waals surface area contributed by atoms with Gasteiger partial charge in [0.05, 0.1) is 5.56 Å². The smallest absolute Gasteiger partial charge is 0.318 e. The van der Waals surface area contributed by atoms with Gasteiger partial charge in [0, 0.05) is 22.3 Å². The molecule has 0 unspecified atom stereocenters. The normalized spacial score (nSPS) is 11.7. The van der Waals surface area contributed by atoms with Gasteiger partial charge in [-0.25, -0.2) is 9.59 Å². The van der Waals surface area contributed by atoms with E-state index in [-0.39, 0.29) is 0 Å². The number of hydrogen-bond acceptors (Lipinski definition) is 7. The van der Waals surface area contributed by atoms with Gasteiger partial charge in [-0.1, -0.05) is 96.8 Å². The van der Waals surface area contributed by atoms with Crippen LogP contribution in [0.15, 0.2) is 105 Å². The molecular formula is C29H30N2O4S. The van der Waals surface area contributed by atoms with Crippen molar-refractivity contribution < 1.29 is 19.3 Å². The minimum absolute atomic E-state index is 0.360. The van der Waals surface area contributed by atoms with Crippen molar-refractivity contribution >= 4 is 35.1 Å². The maximum Gasteiger partial charge on any atom is 0.365 e. The molecule has 0 saturated carbocycles. The summed E-state index contributed by atoms with van der Waals surface area (Å²) in [5.41, 5.74) is 1.91. The summed E-state index contributed by atoms with van der Waals surface area (Å²) in [5, 5.41) is 8.28. The minimum atomic E-state index is -0.567. The number of unbranched alkanes of at least 4 members (excludes halogenated alkanes) is 3. The fraction of sp³-hybridized carbons (Fsp3) is 0.241. The Morgan fingerprint density at radius 3 is 2.00 bits per heavy atom. The van der Waals surface area contributed by atoms with Crippen molar-refractivity contribution in [3.05, 3.63) is 96.1 Å². The Bertz CT molecular complexity index is 1180. The van der Waals surface area contributed by atoms with E-state index in [1.54, 1.807) is 36.0 Å². The zero-order valence-electron chi connectivity index (χ0n) is 20.6. The van der Waals surface area contributed by atoms with E-state index in [4.69, 9.17) is 9.68 Å². The highest BCUT2D eigenvalue weighted by molar-refractivity contribution is 7.99. The summed E-state index contributed by atoms with van der Waals surface area (Å²) >= 11 is 1.64. The van der Waals surface area contributed by atoms with Crippen molar-refractivity contribution in [1.29, 1.82) is 0 Å². The molecule has 0 radical (unpaired) electrons. The first-order chi connectivity index (χ1) is 17.6. The SMILES string of the molecule is CCCCCCC(=NOC(=O)c1ccccc1)C(=NOC(C)=O)c1ccc(Sc2ccccc2)cc1. The second kappa shape index (κ2) is 14.6. The molecule has 0 aromatic heterocycles. The number of carbonyl (C=O) groups excluding carboxylic acids is 2. The van der Waals surface area contributed by atoms with E-state index in [1.807, 2.05) is 60.7 Å². The maximum absolute atomic E-state index is 12.5. The summed E-state index contributed by atoms with van der Waals surface area (Å²) in [7, 11) is 0. The van der Waals surface area contributed by atoms with Crippen LogP contribution in [0, 0.1) is 0 Å². The van der Waals surface area contributed by atoms with E-state index in [0.29, 0.717) is 29.0 Å². The number of oxime groups is 2. The van der Waals surface area contributed by atoms with Gasteiger partial charge in [-0.2, -0.15) is 0 Å². The molecule has 3 aromatic carbocycles. The van der Waals surface area contributed by atoms with Gasteiger partial charge < -0.3 is 9.68 Å². The van der Waals surface area contributed by atoms with Crippen LogP contribution in [0.4, 0.5) is 0 Å². The number of hydrogen-bond donors (Lipinski definition) is 0. The minimum Gasteiger partial charge on any atom is -0.318 e. The highest BCUT2D eigenvalue weighted by Crippen LogP contribution is 2.27. The lowest BCUT2D eigenvalue weighted by molar-refractivity contribution is -0.140. The van der Waals surface area contributed by atoms with E-state index >= 15 is 0 Å². The van der Waals surface area contributed by atoms with Gasteiger partial charge >= 0.3 is 11.9 Å². The molecule has 0 aliphatic rings. The Balaban J connectivity index is 1.87. The molecule has 0 atom stereocenters. The first-order valence-corrected chi connectivity index (χ1v) is 12.8. The second-order valence-corrected chi connectivity index (χ2v) is 9.20. The molecule has 7 heteroatoms. The van der Waals surface area contributed by atoms with E-state index in [9.17, 15) is 9.59 Å². The van der Waals surface area contributed by atoms with Crippen molar-refractivity contribution in [2.45, 2.75) is 55.7 Å². The van der Waals surface area contributed by atoms with E-state index in [0.717, 1.165) is 35.5 Å². The standard InChI is InChI=1S/C29H30N2O4S/c1-3-4-5-12-17-27(30-35-29(33)24-13-8-6-9-14-24)28(31-34-22(2)32)23-18-20-26(21-19-23)36-25-15-10-7-11-16-25/h6-11,13-16,18-21H,3-5,12,17H2,1-2H3. The monoisotopic (exact) mass is 502 g/mol. The lowest BCUT2D eigenvalue weighted by atomic mass is 10.0. The predicted molar refractivity (Wildman–Crippen MR) is 143 cm³/mol. The molecule has 3 aromatic rings. The lowest BCUT2D eigenvalue weighted by Gasteiger charge is -2.11. The Morgan fingerprint density at radius 2 is 1.36 bits per heavy atom. The molecule has 186 valence electrons. The molecule has 36 heavy (non-hydrogen) atoms. The van der Waals surface area contributed by atoms with E-state index in [2.05, 4.69) is 17.2 Å². The Labute approximate surface area is 216 Å². The van der Waals surface area contributed by atoms with Crippen LogP contribution in [0.2, 0.25) is 0 Å². The molecule has 0 aliphatic carbocycles. The molecule has 0 aliphatic heterocycles. The third-order valence-corrected chi connectivity index (χ3v) is 6.18. The summed E-state index contributed by atoms with van der Waals surface area (Å²) < 4.78 is 0. The predicted octanol–water partition coefficient (Wildman–Crippen LogP) is 7.29. The second-order valence-electron chi connectivity index (χ2n) is 8.06. The van der Waals surface area contributed by atoms with Crippen LogP contribution in [0.5, 0.6) is 0 Å². The molecule has 0 heterocycles. The van der Waals surface area contributed by atoms with Crippen LogP contribution in [-0.4, -0.2) is 23.4 Å². The Morgan fingerprint density at radius 1 is 0.722 bits per heavy atom. The zero-order chi connectivity index (χ0) is 25.6. The maximum atomic E-state index is 12.5. The average Bonchev–Trinajstić information content (AvgIpc) is 2.90. The molecular weight excluding hydrogens is 472 g/mol. The summed E-state index contributed by atoms with van der Waals surface area (Å²) in [6.07, 6.45) is 4.51. The van der Waals surface area contributed by atoms with Crippen molar-refractivity contribution in [1.82, 2.24) is 0 Å². The van der Waals surface area contributed by atoms with Gasteiger partial charge in [-0.15, -0.1) is 0 Å². The molecule has 0 fully saturated rings. The van der Waals surface area contributed by atoms with Gasteiger partial charge in [0.15, 0.2) is 0 Å². The molecule has 6 nitrogen and oxygen atoms in total. The first kappa shape index (κ1) is 26.9. The van der Waals surface area contributed by atoms with Crippen LogP contribution in [0.25, 0.3) is 0 Å². The van der Waals surface area contributed by atoms with E-state index < -0.39 is 11.9 Å². The van der Waals surface area contributed by atoms with Crippen LogP contribution in [-0.2, 0) is 14.5 Å². The zero-order valence-corrected chi connectivity index (χ0v) is 21.4. The molecule has 3 rings (SSSR count). The number of rotatable bonds is 12. The van der Waals surface area contributed by atoms with Crippen LogP contribution >= 0.6 is 11.8 Å². The summed E-state index contributed by atoms with van der Waals surface area (Å²) in [6.45, 7) is 3.42. The van der Waals surface area contributed by atoms with Gasteiger partial charge in [0.25, 0.3) is 0 Å². The number of benzene rings is 3. The average molecular weight is 503 g/mol. The third kappa shape index (κ3) is 8.82. The van der Waals surface area contributed by atoms with Crippen LogP contribution in [0.3, 0.4) is 0 Å². The largest absolute Gasteiger partial charge is 0.365 e. The number of carbonyl (C=O) groups is 2. The van der Waals surface area contributed by atoms with Gasteiger partial charge in [-0.3, -0.25) is 0 Å². The van der Waals surface area contributed by atoms with Crippen LogP contribution < -0.4 is 0 Å². The van der Waals surface area contributed by atoms with Crippen molar-refractivity contribution in [2.75, 3.05) is 0 Å². The molecule has 0 amide bonds. The third-order valence-electron chi connectivity index (χ3n) is 5.16. The van der Waals surface area contributed by atoms with Crippen LogP contribution in [0.1, 0.15) is 61.9 Å². The summed E-state index contributed by atoms with van der Waals surface area (Å²) in [5.74, 6) is -1.11. The first-order valence-electron chi connectivity index (χ1n) is 12.0. The fourth-order valence-corrected chi connectivity index (χ4v) is 4.17. The Kier molecular flexibility index (Phi) is 10.9. The lowest BCUT2D eigenvalue weighted by Crippen LogP contribution is -2.19. The summed E-state index contributed by atoms with van der Waals surface area (Å²) in [4.78, 5) is 36.5. The topological polar surface area (TPSA) is 77.3 Å². The fourth-order valence-electron chi connectivity index (χ4n) is 3.34. The van der Waals surface area contributed by atoms with Gasteiger partial charge in [0.2, 0.25) is 0 Å². The molecule has 0 spiro atoms. The molecule has 0 bridgehead atoms. The van der Waals surface area contributed by atoms with E-state index in [1.165, 1.54) is 6.92 Å². The Hall–Kier alpha value is -3.71. The highest BCUT2D eigenvalue weighted by Gasteiger charge is 2.17. The summed E-state index contributed by atoms with van der Waals surface area (Å²) in [6, 6.07) is 26.5. The van der Waals surface area contributed by atoms with Gasteiger partial charge in [0.1, 0.15) is 11.4 Å². The highest BCUT2D eigenvalue weighted by atomic mass is 32.2. The molecule has 0 N–H and O–H groups in total. The number of nitrogens with zero attached hydrogens (tertiary/aromatic N) is 2.